The molecule has 2 aromatic carbocycles. The fourth-order valence-corrected chi connectivity index (χ4v) is 4.64. The standard InChI is InChI=1S/C19H21BrN2O3S/c1-2-18(14-5-7-15(20)8-6-14)21-26(24,25)17-11-9-16(10-12-17)22-13-3-4-19(22)23/h5-12,18,21H,2-4,13H2,1H3. The van der Waals surface area contributed by atoms with E-state index in [0.717, 1.165) is 22.1 Å². The molecule has 0 radical (unpaired) electrons. The summed E-state index contributed by atoms with van der Waals surface area (Å²) in [7, 11) is -3.65. The van der Waals surface area contributed by atoms with Crippen molar-refractivity contribution in [2.75, 3.05) is 11.4 Å². The lowest BCUT2D eigenvalue weighted by Crippen LogP contribution is -2.28. The van der Waals surface area contributed by atoms with Crippen LogP contribution in [0.1, 0.15) is 37.8 Å². The summed E-state index contributed by atoms with van der Waals surface area (Å²) < 4.78 is 29.2. The maximum absolute atomic E-state index is 12.7. The fraction of sp³-hybridized carbons (Fsp3) is 0.316. The van der Waals surface area contributed by atoms with Gasteiger partial charge in [-0.1, -0.05) is 35.0 Å². The number of amides is 1. The zero-order valence-corrected chi connectivity index (χ0v) is 16.9. The number of carbonyl (C=O) groups excluding carboxylic acids is 1. The topological polar surface area (TPSA) is 66.5 Å². The van der Waals surface area contributed by atoms with Gasteiger partial charge >= 0.3 is 0 Å². The quantitative estimate of drug-likeness (QED) is 0.743. The first-order valence-electron chi connectivity index (χ1n) is 8.59. The van der Waals surface area contributed by atoms with Gasteiger partial charge in [-0.25, -0.2) is 13.1 Å². The SMILES string of the molecule is CCC(NS(=O)(=O)c1ccc(N2CCCC2=O)cc1)c1ccc(Br)cc1. The zero-order chi connectivity index (χ0) is 18.7. The second-order valence-corrected chi connectivity index (χ2v) is 8.91. The van der Waals surface area contributed by atoms with E-state index in [1.165, 1.54) is 0 Å². The maximum Gasteiger partial charge on any atom is 0.241 e. The number of nitrogens with one attached hydrogen (secondary N) is 1. The molecule has 26 heavy (non-hydrogen) atoms. The van der Waals surface area contributed by atoms with Crippen LogP contribution in [0, 0.1) is 0 Å². The summed E-state index contributed by atoms with van der Waals surface area (Å²) in [5.74, 6) is 0.0833. The number of sulfonamides is 1. The third-order valence-corrected chi connectivity index (χ3v) is 6.53. The zero-order valence-electron chi connectivity index (χ0n) is 14.5. The van der Waals surface area contributed by atoms with Gasteiger partial charge in [-0.3, -0.25) is 4.79 Å². The van der Waals surface area contributed by atoms with E-state index in [9.17, 15) is 13.2 Å². The van der Waals surface area contributed by atoms with Gasteiger partial charge in [0.15, 0.2) is 0 Å². The first-order chi connectivity index (χ1) is 12.4. The molecule has 1 N–H and O–H groups in total. The van der Waals surface area contributed by atoms with E-state index in [-0.39, 0.29) is 16.8 Å². The van der Waals surface area contributed by atoms with E-state index in [1.54, 1.807) is 29.2 Å². The molecule has 1 heterocycles. The van der Waals surface area contributed by atoms with Crippen LogP contribution < -0.4 is 9.62 Å². The van der Waals surface area contributed by atoms with Crippen molar-refractivity contribution >= 4 is 37.5 Å². The lowest BCUT2D eigenvalue weighted by atomic mass is 10.1. The van der Waals surface area contributed by atoms with Crippen LogP contribution in [-0.4, -0.2) is 20.9 Å². The van der Waals surface area contributed by atoms with Crippen molar-refractivity contribution in [1.82, 2.24) is 4.72 Å². The molecule has 1 aliphatic rings. The molecule has 1 aliphatic heterocycles. The summed E-state index contributed by atoms with van der Waals surface area (Å²) in [6, 6.07) is 13.8. The lowest BCUT2D eigenvalue weighted by molar-refractivity contribution is -0.117. The van der Waals surface area contributed by atoms with Crippen molar-refractivity contribution in [3.05, 3.63) is 58.6 Å². The Morgan fingerprint density at radius 2 is 1.77 bits per heavy atom. The number of hydrogen-bond donors (Lipinski definition) is 1. The first kappa shape index (κ1) is 19.1. The minimum absolute atomic E-state index is 0.0833. The van der Waals surface area contributed by atoms with Gasteiger partial charge in [0.05, 0.1) is 4.90 Å². The smallest absolute Gasteiger partial charge is 0.241 e. The molecule has 0 bridgehead atoms. The molecule has 3 rings (SSSR count). The number of anilines is 1. The molecule has 0 aliphatic carbocycles. The van der Waals surface area contributed by atoms with Gasteiger partial charge in [-0.05, 0) is 54.8 Å². The van der Waals surface area contributed by atoms with Crippen LogP contribution in [0.4, 0.5) is 5.69 Å². The van der Waals surface area contributed by atoms with Crippen LogP contribution in [0.3, 0.4) is 0 Å². The number of benzene rings is 2. The molecule has 1 atom stereocenters. The second-order valence-electron chi connectivity index (χ2n) is 6.28. The molecule has 7 heteroatoms. The summed E-state index contributed by atoms with van der Waals surface area (Å²) in [5, 5.41) is 0. The van der Waals surface area contributed by atoms with Crippen LogP contribution >= 0.6 is 15.9 Å². The molecular weight excluding hydrogens is 416 g/mol. The Labute approximate surface area is 162 Å². The number of hydrogen-bond acceptors (Lipinski definition) is 3. The van der Waals surface area contributed by atoms with Crippen LogP contribution in [-0.2, 0) is 14.8 Å². The maximum atomic E-state index is 12.7. The number of rotatable bonds is 6. The van der Waals surface area contributed by atoms with Gasteiger partial charge in [0, 0.05) is 29.2 Å². The third-order valence-electron chi connectivity index (χ3n) is 4.51. The highest BCUT2D eigenvalue weighted by Crippen LogP contribution is 2.25. The van der Waals surface area contributed by atoms with Gasteiger partial charge in [0.1, 0.15) is 0 Å². The Bertz CT molecular complexity index is 880. The predicted octanol–water partition coefficient (Wildman–Crippen LogP) is 4.01. The predicted molar refractivity (Wildman–Crippen MR) is 106 cm³/mol. The Hall–Kier alpha value is -1.70. The van der Waals surface area contributed by atoms with Crippen LogP contribution in [0.5, 0.6) is 0 Å². The average molecular weight is 437 g/mol. The van der Waals surface area contributed by atoms with E-state index >= 15 is 0 Å². The van der Waals surface area contributed by atoms with Crippen molar-refractivity contribution in [1.29, 1.82) is 0 Å². The molecule has 0 saturated carbocycles. The van der Waals surface area contributed by atoms with E-state index in [0.29, 0.717) is 19.4 Å². The van der Waals surface area contributed by atoms with Gasteiger partial charge in [-0.15, -0.1) is 0 Å². The average Bonchev–Trinajstić information content (AvgIpc) is 3.06. The van der Waals surface area contributed by atoms with E-state index < -0.39 is 10.0 Å². The van der Waals surface area contributed by atoms with Gasteiger partial charge in [0.2, 0.25) is 15.9 Å². The highest BCUT2D eigenvalue weighted by atomic mass is 79.9. The number of carbonyl (C=O) groups is 1. The highest BCUT2D eigenvalue weighted by molar-refractivity contribution is 9.10. The third kappa shape index (κ3) is 4.16. The van der Waals surface area contributed by atoms with Crippen molar-refractivity contribution in [3.8, 4) is 0 Å². The molecule has 2 aromatic rings. The number of nitrogens with zero attached hydrogens (tertiary/aromatic N) is 1. The van der Waals surface area contributed by atoms with E-state index in [2.05, 4.69) is 20.7 Å². The summed E-state index contributed by atoms with van der Waals surface area (Å²) in [4.78, 5) is 13.7. The van der Waals surface area contributed by atoms with Crippen molar-refractivity contribution in [2.45, 2.75) is 37.1 Å². The Kier molecular flexibility index (Phi) is 5.79. The monoisotopic (exact) mass is 436 g/mol. The molecule has 5 nitrogen and oxygen atoms in total. The summed E-state index contributed by atoms with van der Waals surface area (Å²) in [6.45, 7) is 2.63. The van der Waals surface area contributed by atoms with Gasteiger partial charge in [0.25, 0.3) is 0 Å². The van der Waals surface area contributed by atoms with Gasteiger partial charge < -0.3 is 4.90 Å². The number of halogens is 1. The Morgan fingerprint density at radius 1 is 1.12 bits per heavy atom. The summed E-state index contributed by atoms with van der Waals surface area (Å²) in [5.41, 5.74) is 1.66. The van der Waals surface area contributed by atoms with E-state index in [4.69, 9.17) is 0 Å². The van der Waals surface area contributed by atoms with Crippen molar-refractivity contribution < 1.29 is 13.2 Å². The molecule has 1 unspecified atom stereocenters. The second kappa shape index (κ2) is 7.90. The Morgan fingerprint density at radius 3 is 2.31 bits per heavy atom. The summed E-state index contributed by atoms with van der Waals surface area (Å²) in [6.07, 6.45) is 2.03. The molecule has 0 spiro atoms. The van der Waals surface area contributed by atoms with Gasteiger partial charge in [-0.2, -0.15) is 0 Å². The van der Waals surface area contributed by atoms with Crippen molar-refractivity contribution in [2.24, 2.45) is 0 Å². The lowest BCUT2D eigenvalue weighted by Gasteiger charge is -2.19. The molecule has 138 valence electrons. The largest absolute Gasteiger partial charge is 0.312 e. The Balaban J connectivity index is 1.78. The normalized spacial score (nSPS) is 16.1. The summed E-state index contributed by atoms with van der Waals surface area (Å²) >= 11 is 3.39. The molecule has 1 amide bonds. The molecular formula is C19H21BrN2O3S. The van der Waals surface area contributed by atoms with Crippen LogP contribution in [0.15, 0.2) is 57.9 Å². The minimum atomic E-state index is -3.65. The van der Waals surface area contributed by atoms with Crippen LogP contribution in [0.2, 0.25) is 0 Å². The minimum Gasteiger partial charge on any atom is -0.312 e. The van der Waals surface area contributed by atoms with Crippen molar-refractivity contribution in [3.63, 3.8) is 0 Å². The van der Waals surface area contributed by atoms with Crippen LogP contribution in [0.25, 0.3) is 0 Å². The molecule has 0 aromatic heterocycles. The highest BCUT2D eigenvalue weighted by Gasteiger charge is 2.23. The molecule has 1 saturated heterocycles. The first-order valence-corrected chi connectivity index (χ1v) is 10.9. The van der Waals surface area contributed by atoms with E-state index in [1.807, 2.05) is 31.2 Å². The fourth-order valence-electron chi connectivity index (χ4n) is 3.06. The molecule has 1 fully saturated rings.